The number of aryl methyl sites for hydroxylation is 1. The quantitative estimate of drug-likeness (QED) is 0.468. The first-order valence-corrected chi connectivity index (χ1v) is 10.8. The van der Waals surface area contributed by atoms with Crippen molar-refractivity contribution < 1.29 is 17.0 Å². The van der Waals surface area contributed by atoms with Gasteiger partial charge in [0.05, 0.1) is 0 Å². The molecule has 0 saturated heterocycles. The summed E-state index contributed by atoms with van der Waals surface area (Å²) in [5.41, 5.74) is 5.92. The Bertz CT molecular complexity index is 1030. The van der Waals surface area contributed by atoms with Crippen LogP contribution in [0, 0.1) is 0 Å². The number of rotatable bonds is 9. The number of nitrogens with one attached hydrogen (secondary N) is 3. The second-order valence-electron chi connectivity index (χ2n) is 7.47. The summed E-state index contributed by atoms with van der Waals surface area (Å²) < 4.78 is 2.90. The third-order valence-electron chi connectivity index (χ3n) is 4.46. The van der Waals surface area contributed by atoms with Gasteiger partial charge >= 0.3 is 187 Å². The molecule has 3 aromatic rings. The van der Waals surface area contributed by atoms with Crippen LogP contribution in [0.15, 0.2) is 36.8 Å². The van der Waals surface area contributed by atoms with Gasteiger partial charge in [0.25, 0.3) is 0 Å². The molecular weight excluding hydrogens is 413 g/mol. The summed E-state index contributed by atoms with van der Waals surface area (Å²) in [6.07, 6.45) is 5.70. The molecule has 0 aromatic carbocycles. The number of nitrogens with zero attached hydrogens (tertiary/aromatic N) is 4. The van der Waals surface area contributed by atoms with Crippen LogP contribution in [0.1, 0.15) is 39.0 Å². The molecule has 0 spiro atoms. The van der Waals surface area contributed by atoms with Gasteiger partial charge in [0.2, 0.25) is 0 Å². The Morgan fingerprint density at radius 3 is 2.70 bits per heavy atom. The standard InChI is InChI=1S/C22H29N7.V/c1-6-18-21(27-15(3)4)20(25-12-16-13-26-29(5)14-16)11-19(28-18)17-9-8-10-24-22(17)23-7-2;/h8-11,13-15,27H,7,12H2,1-5H3,(H,23,24)(H,25,28);. The molecule has 30 heavy (non-hydrogen) atoms. The summed E-state index contributed by atoms with van der Waals surface area (Å²) in [6.45, 7) is 9.87. The molecule has 0 atom stereocenters. The first-order valence-electron chi connectivity index (χ1n) is 10.1. The molecule has 0 amide bonds. The fourth-order valence-corrected chi connectivity index (χ4v) is 3.45. The Balaban J connectivity index is 2.10. The third kappa shape index (κ3) is 5.29. The zero-order valence-electron chi connectivity index (χ0n) is 18.2. The van der Waals surface area contributed by atoms with Gasteiger partial charge < -0.3 is 0 Å². The summed E-state index contributed by atoms with van der Waals surface area (Å²) in [4.78, 5) is 9.51. The fraction of sp³-hybridized carbons (Fsp3) is 0.364. The van der Waals surface area contributed by atoms with E-state index in [1.54, 1.807) is 6.20 Å². The fourth-order valence-electron chi connectivity index (χ4n) is 3.20. The van der Waals surface area contributed by atoms with E-state index in [-0.39, 0.29) is 6.04 Å². The molecule has 3 N–H and O–H groups in total. The van der Waals surface area contributed by atoms with E-state index in [1.165, 1.54) is 0 Å². The topological polar surface area (TPSA) is 79.7 Å². The molecule has 157 valence electrons. The van der Waals surface area contributed by atoms with Crippen LogP contribution in [0.3, 0.4) is 0 Å². The van der Waals surface area contributed by atoms with Crippen molar-refractivity contribution in [3.8, 4) is 11.3 Å². The van der Waals surface area contributed by atoms with Gasteiger partial charge in [0, 0.05) is 0 Å². The summed E-state index contributed by atoms with van der Waals surface area (Å²) in [7, 11) is 1.93. The van der Waals surface area contributed by atoms with E-state index in [0.717, 1.165) is 50.5 Å². The van der Waals surface area contributed by atoms with E-state index < -0.39 is 0 Å². The molecule has 3 rings (SSSR count). The summed E-state index contributed by atoms with van der Waals surface area (Å²) in [6, 6.07) is 6.37. The normalized spacial score (nSPS) is 10.8. The number of aromatic nitrogens is 4. The first kappa shape index (κ1) is 22.1. The number of hydrogen-bond donors (Lipinski definition) is 3. The van der Waals surface area contributed by atoms with Crippen molar-refractivity contribution in [3.05, 3.63) is 48.0 Å². The maximum absolute atomic E-state index is 5.01. The SMILES string of the molecule is CCNc1ncccc1-c1cc(NCc2cnn(C)c2)c(NC(C)C)c([C](C)=[V])n1. The molecule has 0 unspecified atom stereocenters. The number of pyridine rings is 2. The Hall–Kier alpha value is -2.64. The van der Waals surface area contributed by atoms with Crippen LogP contribution >= 0.6 is 0 Å². The van der Waals surface area contributed by atoms with Crippen molar-refractivity contribution >= 4 is 21.4 Å². The van der Waals surface area contributed by atoms with Gasteiger partial charge in [-0.3, -0.25) is 0 Å². The minimum atomic E-state index is 0.276. The van der Waals surface area contributed by atoms with Crippen LogP contribution in [0.25, 0.3) is 11.3 Å². The first-order chi connectivity index (χ1) is 14.4. The molecule has 0 saturated carbocycles. The molecule has 0 fully saturated rings. The number of anilines is 3. The van der Waals surface area contributed by atoms with Crippen molar-refractivity contribution in [1.82, 2.24) is 19.7 Å². The van der Waals surface area contributed by atoms with Crippen LogP contribution in [0.2, 0.25) is 0 Å². The van der Waals surface area contributed by atoms with E-state index in [1.807, 2.05) is 30.2 Å². The average molecular weight is 442 g/mol. The molecule has 0 bridgehead atoms. The Labute approximate surface area is 187 Å². The average Bonchev–Trinajstić information content (AvgIpc) is 3.12. The van der Waals surface area contributed by atoms with Crippen molar-refractivity contribution in [2.75, 3.05) is 22.5 Å². The van der Waals surface area contributed by atoms with Crippen molar-refractivity contribution in [2.45, 2.75) is 40.3 Å². The van der Waals surface area contributed by atoms with Crippen LogP contribution in [-0.4, -0.2) is 36.6 Å². The summed E-state index contributed by atoms with van der Waals surface area (Å²) >= 11 is 2.61. The summed E-state index contributed by atoms with van der Waals surface area (Å²) in [5.74, 6) is 0.837. The van der Waals surface area contributed by atoms with E-state index in [2.05, 4.69) is 82.8 Å². The van der Waals surface area contributed by atoms with E-state index >= 15 is 0 Å². The Morgan fingerprint density at radius 1 is 1.27 bits per heavy atom. The maximum atomic E-state index is 5.01. The molecule has 0 radical (unpaired) electrons. The van der Waals surface area contributed by atoms with Crippen molar-refractivity contribution in [3.63, 3.8) is 0 Å². The van der Waals surface area contributed by atoms with E-state index in [0.29, 0.717) is 6.54 Å². The zero-order chi connectivity index (χ0) is 21.7. The van der Waals surface area contributed by atoms with Gasteiger partial charge in [0.1, 0.15) is 0 Å². The minimum absolute atomic E-state index is 0.276. The van der Waals surface area contributed by atoms with Crippen LogP contribution in [-0.2, 0) is 30.6 Å². The van der Waals surface area contributed by atoms with Gasteiger partial charge in [-0.25, -0.2) is 0 Å². The second kappa shape index (κ2) is 9.91. The van der Waals surface area contributed by atoms with Crippen LogP contribution in [0.4, 0.5) is 17.2 Å². The van der Waals surface area contributed by atoms with Crippen LogP contribution < -0.4 is 16.0 Å². The van der Waals surface area contributed by atoms with Gasteiger partial charge in [-0.15, -0.1) is 0 Å². The van der Waals surface area contributed by atoms with Crippen molar-refractivity contribution in [1.29, 1.82) is 0 Å². The Morgan fingerprint density at radius 2 is 2.07 bits per heavy atom. The van der Waals surface area contributed by atoms with Gasteiger partial charge in [-0.1, -0.05) is 0 Å². The summed E-state index contributed by atoms with van der Waals surface area (Å²) in [5, 5.41) is 14.8. The third-order valence-corrected chi connectivity index (χ3v) is 4.80. The molecule has 0 aliphatic carbocycles. The zero-order valence-corrected chi connectivity index (χ0v) is 19.6. The van der Waals surface area contributed by atoms with E-state index in [4.69, 9.17) is 4.98 Å². The second-order valence-corrected chi connectivity index (χ2v) is 8.52. The Kier molecular flexibility index (Phi) is 7.29. The predicted octanol–water partition coefficient (Wildman–Crippen LogP) is 3.83. The number of hydrogen-bond acceptors (Lipinski definition) is 6. The molecule has 0 aliphatic rings. The predicted molar refractivity (Wildman–Crippen MR) is 121 cm³/mol. The molecular formula is C22H29N7V. The molecule has 8 heteroatoms. The molecule has 3 heterocycles. The van der Waals surface area contributed by atoms with Gasteiger partial charge in [-0.05, 0) is 0 Å². The van der Waals surface area contributed by atoms with Crippen LogP contribution in [0.5, 0.6) is 0 Å². The van der Waals surface area contributed by atoms with Crippen molar-refractivity contribution in [2.24, 2.45) is 7.05 Å². The van der Waals surface area contributed by atoms with E-state index in [9.17, 15) is 0 Å². The molecule has 7 nitrogen and oxygen atoms in total. The molecule has 3 aromatic heterocycles. The molecule has 0 aliphatic heterocycles. The van der Waals surface area contributed by atoms with Gasteiger partial charge in [0.15, 0.2) is 0 Å². The van der Waals surface area contributed by atoms with Gasteiger partial charge in [-0.2, -0.15) is 0 Å². The monoisotopic (exact) mass is 442 g/mol.